The number of hydrogen-bond acceptors (Lipinski definition) is 5. The first-order valence-electron chi connectivity index (χ1n) is 8.93. The molecule has 0 spiro atoms. The number of morpholine rings is 1. The number of halogens is 2. The van der Waals surface area contributed by atoms with Crippen LogP contribution in [0, 0.1) is 0 Å². The summed E-state index contributed by atoms with van der Waals surface area (Å²) in [5, 5.41) is 3.83. The van der Waals surface area contributed by atoms with E-state index in [4.69, 9.17) is 27.9 Å². The number of nitrogens with zero attached hydrogens (tertiary/aromatic N) is 3. The first-order chi connectivity index (χ1) is 13.3. The van der Waals surface area contributed by atoms with E-state index in [-0.39, 0.29) is 31.0 Å². The molecule has 1 aromatic carbocycles. The van der Waals surface area contributed by atoms with E-state index < -0.39 is 6.03 Å². The Morgan fingerprint density at radius 2 is 2.07 bits per heavy atom. The summed E-state index contributed by atoms with van der Waals surface area (Å²) in [5.41, 5.74) is 1.06. The highest BCUT2D eigenvalue weighted by atomic mass is 35.5. The van der Waals surface area contributed by atoms with Crippen LogP contribution in [0.25, 0.3) is 0 Å². The molecule has 0 radical (unpaired) electrons. The molecule has 152 valence electrons. The van der Waals surface area contributed by atoms with Crippen molar-refractivity contribution in [3.05, 3.63) is 33.8 Å². The molecule has 2 heterocycles. The number of urea groups is 1. The van der Waals surface area contributed by atoms with Crippen LogP contribution in [0.1, 0.15) is 5.56 Å². The van der Waals surface area contributed by atoms with Gasteiger partial charge >= 0.3 is 6.03 Å². The van der Waals surface area contributed by atoms with E-state index in [9.17, 15) is 14.4 Å². The molecule has 2 fully saturated rings. The van der Waals surface area contributed by atoms with E-state index >= 15 is 0 Å². The van der Waals surface area contributed by atoms with E-state index in [0.29, 0.717) is 36.3 Å². The Kier molecular flexibility index (Phi) is 6.77. The topological polar surface area (TPSA) is 82.2 Å². The molecule has 0 unspecified atom stereocenters. The molecule has 1 N–H and O–H groups in total. The van der Waals surface area contributed by atoms with Crippen LogP contribution < -0.4 is 5.32 Å². The lowest BCUT2D eigenvalue weighted by Crippen LogP contribution is -2.48. The smallest absolute Gasteiger partial charge is 0.327 e. The summed E-state index contributed by atoms with van der Waals surface area (Å²) in [4.78, 5) is 39.9. The Morgan fingerprint density at radius 3 is 2.75 bits per heavy atom. The Labute approximate surface area is 173 Å². The highest BCUT2D eigenvalue weighted by Crippen LogP contribution is 2.23. The van der Waals surface area contributed by atoms with Crippen LogP contribution in [0.3, 0.4) is 0 Å². The van der Waals surface area contributed by atoms with Gasteiger partial charge in [0.05, 0.1) is 22.8 Å². The molecule has 0 aliphatic carbocycles. The number of rotatable bonds is 6. The summed E-state index contributed by atoms with van der Waals surface area (Å²) < 4.78 is 5.72. The van der Waals surface area contributed by atoms with Crippen molar-refractivity contribution >= 4 is 41.0 Å². The number of ether oxygens (including phenoxy) is 1. The minimum absolute atomic E-state index is 0.0693. The van der Waals surface area contributed by atoms with Gasteiger partial charge in [-0.1, -0.05) is 29.3 Å². The third kappa shape index (κ3) is 5.14. The number of hydrogen-bond donors (Lipinski definition) is 1. The molecule has 1 atom stereocenters. The van der Waals surface area contributed by atoms with E-state index in [1.54, 1.807) is 6.07 Å². The zero-order chi connectivity index (χ0) is 20.3. The van der Waals surface area contributed by atoms with Crippen molar-refractivity contribution in [3.8, 4) is 0 Å². The number of benzene rings is 1. The van der Waals surface area contributed by atoms with Crippen LogP contribution in [0.2, 0.25) is 10.0 Å². The zero-order valence-electron chi connectivity index (χ0n) is 15.5. The first kappa shape index (κ1) is 20.9. The van der Waals surface area contributed by atoms with Crippen molar-refractivity contribution < 1.29 is 19.1 Å². The third-order valence-electron chi connectivity index (χ3n) is 4.73. The SMILES string of the molecule is CN1C(=O)CN(CC(=O)NC[C@H]2CN(Cc3ccc(Cl)c(Cl)c3)CCO2)C1=O. The normalized spacial score (nSPS) is 20.8. The largest absolute Gasteiger partial charge is 0.374 e. The third-order valence-corrected chi connectivity index (χ3v) is 5.47. The quantitative estimate of drug-likeness (QED) is 0.688. The van der Waals surface area contributed by atoms with Gasteiger partial charge in [-0.3, -0.25) is 19.4 Å². The zero-order valence-corrected chi connectivity index (χ0v) is 17.0. The highest BCUT2D eigenvalue weighted by Gasteiger charge is 2.34. The fourth-order valence-corrected chi connectivity index (χ4v) is 3.50. The maximum atomic E-state index is 12.1. The Bertz CT molecular complexity index is 776. The van der Waals surface area contributed by atoms with Crippen molar-refractivity contribution in [2.75, 3.05) is 46.4 Å². The van der Waals surface area contributed by atoms with Gasteiger partial charge in [0, 0.05) is 33.2 Å². The molecular weight excluding hydrogens is 407 g/mol. The van der Waals surface area contributed by atoms with Crippen LogP contribution in [0.5, 0.6) is 0 Å². The molecule has 0 bridgehead atoms. The fourth-order valence-electron chi connectivity index (χ4n) is 3.18. The van der Waals surface area contributed by atoms with E-state index in [1.807, 2.05) is 12.1 Å². The van der Waals surface area contributed by atoms with Crippen molar-refractivity contribution in [2.45, 2.75) is 12.6 Å². The Morgan fingerprint density at radius 1 is 1.29 bits per heavy atom. The minimum atomic E-state index is -0.457. The summed E-state index contributed by atoms with van der Waals surface area (Å²) in [7, 11) is 1.40. The molecule has 3 rings (SSSR count). The van der Waals surface area contributed by atoms with Gasteiger partial charge < -0.3 is 15.0 Å². The summed E-state index contributed by atoms with van der Waals surface area (Å²) >= 11 is 12.0. The van der Waals surface area contributed by atoms with E-state index in [2.05, 4.69) is 10.2 Å². The van der Waals surface area contributed by atoms with Crippen LogP contribution in [-0.4, -0.2) is 85.0 Å². The Hall–Kier alpha value is -1.87. The average molecular weight is 429 g/mol. The van der Waals surface area contributed by atoms with Gasteiger partial charge in [-0.25, -0.2) is 4.79 Å². The van der Waals surface area contributed by atoms with Gasteiger partial charge in [0.15, 0.2) is 0 Å². The lowest BCUT2D eigenvalue weighted by atomic mass is 10.2. The monoisotopic (exact) mass is 428 g/mol. The van der Waals surface area contributed by atoms with Gasteiger partial charge in [-0.15, -0.1) is 0 Å². The molecule has 8 nitrogen and oxygen atoms in total. The second-order valence-corrected chi connectivity index (χ2v) is 7.69. The van der Waals surface area contributed by atoms with Crippen molar-refractivity contribution in [3.63, 3.8) is 0 Å². The average Bonchev–Trinajstić information content (AvgIpc) is 2.90. The lowest BCUT2D eigenvalue weighted by Gasteiger charge is -2.33. The van der Waals surface area contributed by atoms with E-state index in [1.165, 1.54) is 11.9 Å². The van der Waals surface area contributed by atoms with Crippen molar-refractivity contribution in [1.82, 2.24) is 20.0 Å². The van der Waals surface area contributed by atoms with Crippen molar-refractivity contribution in [1.29, 1.82) is 0 Å². The first-order valence-corrected chi connectivity index (χ1v) is 9.69. The Balaban J connectivity index is 1.44. The predicted octanol–water partition coefficient (Wildman–Crippen LogP) is 1.20. The van der Waals surface area contributed by atoms with Crippen molar-refractivity contribution in [2.24, 2.45) is 0 Å². The van der Waals surface area contributed by atoms with Gasteiger partial charge in [-0.05, 0) is 17.7 Å². The second-order valence-electron chi connectivity index (χ2n) is 6.87. The van der Waals surface area contributed by atoms with Gasteiger partial charge in [-0.2, -0.15) is 0 Å². The lowest BCUT2D eigenvalue weighted by molar-refractivity contribution is -0.124. The maximum absolute atomic E-state index is 12.1. The molecule has 0 aromatic heterocycles. The molecular formula is C18H22Cl2N4O4. The highest BCUT2D eigenvalue weighted by molar-refractivity contribution is 6.42. The van der Waals surface area contributed by atoms with Gasteiger partial charge in [0.2, 0.25) is 11.8 Å². The van der Waals surface area contributed by atoms with Crippen LogP contribution in [0.4, 0.5) is 4.79 Å². The fraction of sp³-hybridized carbons (Fsp3) is 0.500. The molecule has 28 heavy (non-hydrogen) atoms. The van der Waals surface area contributed by atoms with Crippen LogP contribution in [0.15, 0.2) is 18.2 Å². The number of amides is 4. The van der Waals surface area contributed by atoms with Gasteiger partial charge in [0.25, 0.3) is 0 Å². The summed E-state index contributed by atoms with van der Waals surface area (Å²) in [6.45, 7) is 2.83. The van der Waals surface area contributed by atoms with E-state index in [0.717, 1.165) is 17.0 Å². The minimum Gasteiger partial charge on any atom is -0.374 e. The number of nitrogens with one attached hydrogen (secondary N) is 1. The molecule has 4 amide bonds. The van der Waals surface area contributed by atoms with Gasteiger partial charge in [0.1, 0.15) is 13.1 Å². The van der Waals surface area contributed by atoms with Crippen LogP contribution in [-0.2, 0) is 20.9 Å². The second kappa shape index (κ2) is 9.09. The van der Waals surface area contributed by atoms with Crippen LogP contribution >= 0.6 is 23.2 Å². The molecule has 1 aromatic rings. The maximum Gasteiger partial charge on any atom is 0.327 e. The molecule has 0 saturated carbocycles. The predicted molar refractivity (Wildman–Crippen MR) is 104 cm³/mol. The molecule has 2 saturated heterocycles. The number of carbonyl (C=O) groups is 3. The molecule has 2 aliphatic heterocycles. The standard InChI is InChI=1S/C18H22Cl2N4O4/c1-22-17(26)11-24(18(22)27)10-16(25)21-7-13-9-23(4-5-28-13)8-12-2-3-14(19)15(20)6-12/h2-3,6,13H,4-5,7-11H2,1H3,(H,21,25)/t13-/m0/s1. The number of likely N-dealkylation sites (N-methyl/N-ethyl adjacent to an activating group) is 1. The number of imide groups is 1. The molecule has 2 aliphatic rings. The summed E-state index contributed by atoms with van der Waals surface area (Å²) in [6.07, 6.45) is -0.154. The molecule has 10 heteroatoms. The summed E-state index contributed by atoms with van der Waals surface area (Å²) in [5.74, 6) is -0.631. The number of carbonyl (C=O) groups excluding carboxylic acids is 3. The summed E-state index contributed by atoms with van der Waals surface area (Å²) in [6, 6.07) is 5.11.